The molecule has 0 spiro atoms. The Bertz CT molecular complexity index is 572. The van der Waals surface area contributed by atoms with Gasteiger partial charge in [-0.3, -0.25) is 0 Å². The molecule has 0 fully saturated rings. The van der Waals surface area contributed by atoms with Crippen LogP contribution in [-0.2, 0) is 0 Å². The monoisotopic (exact) mass is 285 g/mol. The van der Waals surface area contributed by atoms with Crippen LogP contribution in [0.4, 0.5) is 21.7 Å². The van der Waals surface area contributed by atoms with Gasteiger partial charge in [-0.25, -0.2) is 9.37 Å². The number of benzene rings is 1. The smallest absolute Gasteiger partial charge is 0.154 e. The zero-order valence-electron chi connectivity index (χ0n) is 9.49. The summed E-state index contributed by atoms with van der Waals surface area (Å²) in [5.41, 5.74) is 6.38. The molecule has 0 aliphatic carbocycles. The molecular formula is C12H10Cl2FN3. The van der Waals surface area contributed by atoms with E-state index < -0.39 is 0 Å². The molecule has 0 saturated heterocycles. The Balaban J connectivity index is 2.42. The van der Waals surface area contributed by atoms with Gasteiger partial charge in [-0.05, 0) is 30.3 Å². The molecule has 0 aliphatic heterocycles. The number of nitrogen functional groups attached to an aromatic ring is 1. The lowest BCUT2D eigenvalue weighted by Gasteiger charge is -2.20. The summed E-state index contributed by atoms with van der Waals surface area (Å²) < 4.78 is 12.9. The van der Waals surface area contributed by atoms with E-state index in [9.17, 15) is 4.39 Å². The third-order valence-electron chi connectivity index (χ3n) is 2.47. The summed E-state index contributed by atoms with van der Waals surface area (Å²) in [6, 6.07) is 7.50. The number of aromatic nitrogens is 1. The maximum atomic E-state index is 12.9. The second-order valence-corrected chi connectivity index (χ2v) is 4.51. The van der Waals surface area contributed by atoms with Gasteiger partial charge in [-0.15, -0.1) is 0 Å². The van der Waals surface area contributed by atoms with Crippen molar-refractivity contribution >= 4 is 40.5 Å². The Morgan fingerprint density at radius 2 is 1.78 bits per heavy atom. The Kier molecular flexibility index (Phi) is 3.59. The molecule has 94 valence electrons. The average Bonchev–Trinajstić information content (AvgIpc) is 2.34. The lowest BCUT2D eigenvalue weighted by atomic mass is 10.3. The highest BCUT2D eigenvalue weighted by molar-refractivity contribution is 6.37. The van der Waals surface area contributed by atoms with E-state index in [1.54, 1.807) is 24.1 Å². The van der Waals surface area contributed by atoms with Gasteiger partial charge in [0, 0.05) is 12.7 Å². The second kappa shape index (κ2) is 5.00. The molecule has 1 aromatic carbocycles. The normalized spacial score (nSPS) is 10.4. The highest BCUT2D eigenvalue weighted by Gasteiger charge is 2.12. The minimum atomic E-state index is -0.304. The Hall–Kier alpha value is -1.52. The van der Waals surface area contributed by atoms with Crippen molar-refractivity contribution in [3.8, 4) is 0 Å². The molecule has 18 heavy (non-hydrogen) atoms. The summed E-state index contributed by atoms with van der Waals surface area (Å²) >= 11 is 11.9. The summed E-state index contributed by atoms with van der Waals surface area (Å²) in [4.78, 5) is 5.82. The number of nitrogens with zero attached hydrogens (tertiary/aromatic N) is 2. The van der Waals surface area contributed by atoms with Gasteiger partial charge in [-0.1, -0.05) is 23.2 Å². The zero-order valence-corrected chi connectivity index (χ0v) is 11.0. The maximum Gasteiger partial charge on any atom is 0.154 e. The number of halogens is 3. The van der Waals surface area contributed by atoms with Crippen molar-refractivity contribution in [3.05, 3.63) is 46.2 Å². The van der Waals surface area contributed by atoms with Crippen LogP contribution in [-0.4, -0.2) is 12.0 Å². The van der Waals surface area contributed by atoms with Gasteiger partial charge in [0.25, 0.3) is 0 Å². The first-order valence-electron chi connectivity index (χ1n) is 5.10. The van der Waals surface area contributed by atoms with E-state index in [0.717, 1.165) is 5.69 Å². The number of nitrogens with two attached hydrogens (primary N) is 1. The van der Waals surface area contributed by atoms with E-state index in [-0.39, 0.29) is 11.6 Å². The van der Waals surface area contributed by atoms with Crippen LogP contribution in [0.1, 0.15) is 0 Å². The SMILES string of the molecule is CN(c1ccc(F)cc1)c1nc(N)c(Cl)cc1Cl. The van der Waals surface area contributed by atoms with E-state index >= 15 is 0 Å². The third kappa shape index (κ3) is 2.49. The van der Waals surface area contributed by atoms with Crippen LogP contribution < -0.4 is 10.6 Å². The first-order valence-corrected chi connectivity index (χ1v) is 5.85. The van der Waals surface area contributed by atoms with Gasteiger partial charge in [0.15, 0.2) is 5.82 Å². The zero-order chi connectivity index (χ0) is 13.3. The van der Waals surface area contributed by atoms with Gasteiger partial charge in [0.05, 0.1) is 10.0 Å². The number of pyridine rings is 1. The van der Waals surface area contributed by atoms with Crippen molar-refractivity contribution < 1.29 is 4.39 Å². The summed E-state index contributed by atoms with van der Waals surface area (Å²) in [6.45, 7) is 0. The van der Waals surface area contributed by atoms with Crippen LogP contribution in [0.15, 0.2) is 30.3 Å². The van der Waals surface area contributed by atoms with Gasteiger partial charge < -0.3 is 10.6 Å². The molecule has 0 bridgehead atoms. The Morgan fingerprint density at radius 1 is 1.17 bits per heavy atom. The quantitative estimate of drug-likeness (QED) is 0.911. The highest BCUT2D eigenvalue weighted by Crippen LogP contribution is 2.32. The molecular weight excluding hydrogens is 276 g/mol. The number of anilines is 3. The molecule has 0 saturated carbocycles. The molecule has 1 aromatic heterocycles. The third-order valence-corrected chi connectivity index (χ3v) is 3.05. The minimum Gasteiger partial charge on any atom is -0.382 e. The maximum absolute atomic E-state index is 12.9. The van der Waals surface area contributed by atoms with E-state index in [1.165, 1.54) is 18.2 Å². The number of hydrogen-bond acceptors (Lipinski definition) is 3. The summed E-state index contributed by atoms with van der Waals surface area (Å²) in [6.07, 6.45) is 0. The number of hydrogen-bond donors (Lipinski definition) is 1. The van der Waals surface area contributed by atoms with Crippen LogP contribution >= 0.6 is 23.2 Å². The van der Waals surface area contributed by atoms with Crippen LogP contribution in [0.5, 0.6) is 0 Å². The standard InChI is InChI=1S/C12H10Cl2FN3/c1-18(8-4-2-7(15)3-5-8)12-10(14)6-9(13)11(16)17-12/h2-6H,1H3,(H2,16,17). The van der Waals surface area contributed by atoms with E-state index in [0.29, 0.717) is 15.9 Å². The van der Waals surface area contributed by atoms with E-state index in [2.05, 4.69) is 4.98 Å². The Morgan fingerprint density at radius 3 is 2.39 bits per heavy atom. The average molecular weight is 286 g/mol. The van der Waals surface area contributed by atoms with Crippen molar-refractivity contribution in [1.82, 2.24) is 4.98 Å². The van der Waals surface area contributed by atoms with Crippen LogP contribution in [0.3, 0.4) is 0 Å². The molecule has 2 rings (SSSR count). The molecule has 6 heteroatoms. The fourth-order valence-electron chi connectivity index (χ4n) is 1.49. The van der Waals surface area contributed by atoms with Crippen LogP contribution in [0.2, 0.25) is 10.0 Å². The van der Waals surface area contributed by atoms with Crippen LogP contribution in [0.25, 0.3) is 0 Å². The molecule has 2 N–H and O–H groups in total. The Labute approximate surface area is 114 Å². The van der Waals surface area contributed by atoms with Gasteiger partial charge in [0.2, 0.25) is 0 Å². The van der Waals surface area contributed by atoms with Crippen molar-refractivity contribution in [2.45, 2.75) is 0 Å². The molecule has 0 amide bonds. The van der Waals surface area contributed by atoms with Gasteiger partial charge in [0.1, 0.15) is 11.6 Å². The van der Waals surface area contributed by atoms with Crippen LogP contribution in [0, 0.1) is 5.82 Å². The molecule has 3 nitrogen and oxygen atoms in total. The number of rotatable bonds is 2. The summed E-state index contributed by atoms with van der Waals surface area (Å²) in [5.74, 6) is 0.358. The van der Waals surface area contributed by atoms with Crippen molar-refractivity contribution in [3.63, 3.8) is 0 Å². The van der Waals surface area contributed by atoms with E-state index in [4.69, 9.17) is 28.9 Å². The topological polar surface area (TPSA) is 42.2 Å². The molecule has 1 heterocycles. The first-order chi connectivity index (χ1) is 8.49. The second-order valence-electron chi connectivity index (χ2n) is 3.70. The fraction of sp³-hybridized carbons (Fsp3) is 0.0833. The van der Waals surface area contributed by atoms with Crippen molar-refractivity contribution in [2.24, 2.45) is 0 Å². The summed E-state index contributed by atoms with van der Waals surface area (Å²) in [7, 11) is 1.76. The molecule has 0 unspecified atom stereocenters. The predicted molar refractivity (Wildman–Crippen MR) is 73.1 cm³/mol. The molecule has 0 atom stereocenters. The lowest BCUT2D eigenvalue weighted by Crippen LogP contribution is -2.12. The van der Waals surface area contributed by atoms with Gasteiger partial charge >= 0.3 is 0 Å². The minimum absolute atomic E-state index is 0.199. The fourth-order valence-corrected chi connectivity index (χ4v) is 1.98. The summed E-state index contributed by atoms with van der Waals surface area (Å²) in [5, 5.41) is 0.678. The molecule has 0 aliphatic rings. The lowest BCUT2D eigenvalue weighted by molar-refractivity contribution is 0.628. The molecule has 0 radical (unpaired) electrons. The largest absolute Gasteiger partial charge is 0.382 e. The first kappa shape index (κ1) is 12.9. The van der Waals surface area contributed by atoms with Gasteiger partial charge in [-0.2, -0.15) is 0 Å². The van der Waals surface area contributed by atoms with E-state index in [1.807, 2.05) is 0 Å². The predicted octanol–water partition coefficient (Wildman–Crippen LogP) is 3.88. The molecule has 2 aromatic rings. The van der Waals surface area contributed by atoms with Crippen molar-refractivity contribution in [2.75, 3.05) is 17.7 Å². The highest BCUT2D eigenvalue weighted by atomic mass is 35.5. The van der Waals surface area contributed by atoms with Crippen molar-refractivity contribution in [1.29, 1.82) is 0 Å².